The molecule has 1 atom stereocenters. The molecule has 2 nitrogen and oxygen atoms in total. The van der Waals surface area contributed by atoms with E-state index in [2.05, 4.69) is 0 Å². The summed E-state index contributed by atoms with van der Waals surface area (Å²) in [4.78, 5) is 27.6. The topological polar surface area (TPSA) is 34.1 Å². The highest BCUT2D eigenvalue weighted by molar-refractivity contribution is 6.22. The van der Waals surface area contributed by atoms with Crippen LogP contribution >= 0.6 is 0 Å². The molecule has 1 unspecified atom stereocenters. The van der Waals surface area contributed by atoms with Crippen molar-refractivity contribution in [1.29, 1.82) is 0 Å². The maximum atomic E-state index is 13.8. The molecule has 148 valence electrons. The lowest BCUT2D eigenvalue weighted by Crippen LogP contribution is -2.43. The number of Topliss-reactive ketones (excluding diaryl/α,β-unsaturated/α-hetero) is 2. The number of allylic oxidation sites excluding steroid dienone is 4. The molecule has 4 heteroatoms. The number of rotatable bonds is 5. The quantitative estimate of drug-likeness (QED) is 0.393. The van der Waals surface area contributed by atoms with E-state index in [0.717, 1.165) is 5.56 Å². The fourth-order valence-electron chi connectivity index (χ4n) is 3.89. The Labute approximate surface area is 173 Å². The van der Waals surface area contributed by atoms with Gasteiger partial charge in [0.25, 0.3) is 0 Å². The highest BCUT2D eigenvalue weighted by atomic mass is 19.1. The minimum Gasteiger partial charge on any atom is -0.293 e. The van der Waals surface area contributed by atoms with Crippen molar-refractivity contribution in [2.75, 3.05) is 0 Å². The molecule has 0 radical (unpaired) electrons. The SMILES string of the molecule is O=C(c1ccc(F)cc1)C1(C(=O)c2ccc(F)cc2)C=CC=CC1c1ccccc1. The minimum absolute atomic E-state index is 0.229. The summed E-state index contributed by atoms with van der Waals surface area (Å²) in [6, 6.07) is 19.6. The maximum Gasteiger partial charge on any atom is 0.181 e. The number of ketones is 2. The van der Waals surface area contributed by atoms with Crippen LogP contribution < -0.4 is 0 Å². The van der Waals surface area contributed by atoms with Gasteiger partial charge in [0.2, 0.25) is 0 Å². The zero-order chi connectivity index (χ0) is 21.1. The molecule has 0 aliphatic heterocycles. The summed E-state index contributed by atoms with van der Waals surface area (Å²) < 4.78 is 26.9. The number of carbonyl (C=O) groups is 2. The smallest absolute Gasteiger partial charge is 0.181 e. The first kappa shape index (κ1) is 19.6. The van der Waals surface area contributed by atoms with Gasteiger partial charge in [-0.05, 0) is 54.1 Å². The molecule has 0 heterocycles. The summed E-state index contributed by atoms with van der Waals surface area (Å²) in [5.41, 5.74) is -0.323. The fraction of sp³-hybridized carbons (Fsp3) is 0.0769. The highest BCUT2D eigenvalue weighted by Gasteiger charge is 2.50. The van der Waals surface area contributed by atoms with Gasteiger partial charge in [0.1, 0.15) is 17.0 Å². The first-order valence-electron chi connectivity index (χ1n) is 9.54. The Morgan fingerprint density at radius 3 is 1.67 bits per heavy atom. The zero-order valence-corrected chi connectivity index (χ0v) is 16.0. The second-order valence-electron chi connectivity index (χ2n) is 7.17. The number of hydrogen-bond acceptors (Lipinski definition) is 2. The molecular weight excluding hydrogens is 382 g/mol. The standard InChI is InChI=1S/C26H18F2O2/c27-21-13-9-19(10-14-21)24(29)26(25(30)20-11-15-22(28)16-12-20)17-5-4-8-23(26)18-6-2-1-3-7-18/h1-17,23H. The predicted molar refractivity (Wildman–Crippen MR) is 111 cm³/mol. The Balaban J connectivity index is 1.91. The Bertz CT molecular complexity index is 1070. The molecule has 4 rings (SSSR count). The normalized spacial score (nSPS) is 16.9. The van der Waals surface area contributed by atoms with E-state index in [1.165, 1.54) is 48.5 Å². The van der Waals surface area contributed by atoms with Gasteiger partial charge in [0, 0.05) is 17.0 Å². The van der Waals surface area contributed by atoms with Crippen molar-refractivity contribution >= 4 is 11.6 Å². The predicted octanol–water partition coefficient (Wildman–Crippen LogP) is 5.93. The molecule has 0 bridgehead atoms. The van der Waals surface area contributed by atoms with Crippen LogP contribution in [0.5, 0.6) is 0 Å². The van der Waals surface area contributed by atoms with Gasteiger partial charge < -0.3 is 0 Å². The van der Waals surface area contributed by atoms with Crippen molar-refractivity contribution in [2.45, 2.75) is 5.92 Å². The summed E-state index contributed by atoms with van der Waals surface area (Å²) in [6.07, 6.45) is 6.88. The van der Waals surface area contributed by atoms with Crippen molar-refractivity contribution in [3.63, 3.8) is 0 Å². The van der Waals surface area contributed by atoms with Crippen molar-refractivity contribution in [3.8, 4) is 0 Å². The number of halogens is 2. The number of benzene rings is 3. The lowest BCUT2D eigenvalue weighted by Gasteiger charge is -2.36. The van der Waals surface area contributed by atoms with Crippen LogP contribution in [0.25, 0.3) is 0 Å². The molecule has 0 N–H and O–H groups in total. The summed E-state index contributed by atoms with van der Waals surface area (Å²) >= 11 is 0. The summed E-state index contributed by atoms with van der Waals surface area (Å²) in [5, 5.41) is 0. The molecule has 0 saturated heterocycles. The molecule has 0 fully saturated rings. The van der Waals surface area contributed by atoms with Gasteiger partial charge in [0.05, 0.1) is 0 Å². The second kappa shape index (κ2) is 7.99. The molecule has 1 aliphatic carbocycles. The van der Waals surface area contributed by atoms with E-state index in [-0.39, 0.29) is 11.1 Å². The lowest BCUT2D eigenvalue weighted by atomic mass is 9.62. The zero-order valence-electron chi connectivity index (χ0n) is 16.0. The van der Waals surface area contributed by atoms with Crippen molar-refractivity contribution in [1.82, 2.24) is 0 Å². The summed E-state index contributed by atoms with van der Waals surface area (Å²) in [7, 11) is 0. The second-order valence-corrected chi connectivity index (χ2v) is 7.17. The molecule has 1 aliphatic rings. The average Bonchev–Trinajstić information content (AvgIpc) is 2.79. The third kappa shape index (κ3) is 3.41. The summed E-state index contributed by atoms with van der Waals surface area (Å²) in [6.45, 7) is 0. The third-order valence-corrected chi connectivity index (χ3v) is 5.39. The third-order valence-electron chi connectivity index (χ3n) is 5.39. The Hall–Kier alpha value is -3.66. The van der Waals surface area contributed by atoms with E-state index in [4.69, 9.17) is 0 Å². The van der Waals surface area contributed by atoms with E-state index in [1.54, 1.807) is 18.2 Å². The maximum absolute atomic E-state index is 13.8. The van der Waals surface area contributed by atoms with Crippen LogP contribution in [0.3, 0.4) is 0 Å². The van der Waals surface area contributed by atoms with Gasteiger partial charge in [-0.1, -0.05) is 54.6 Å². The minimum atomic E-state index is -1.58. The Morgan fingerprint density at radius 1 is 0.667 bits per heavy atom. The van der Waals surface area contributed by atoms with E-state index in [0.29, 0.717) is 0 Å². The van der Waals surface area contributed by atoms with E-state index in [1.807, 2.05) is 36.4 Å². The molecule has 0 spiro atoms. The van der Waals surface area contributed by atoms with Crippen LogP contribution in [-0.2, 0) is 0 Å². The molecule has 0 saturated carbocycles. The summed E-state index contributed by atoms with van der Waals surface area (Å²) in [5.74, 6) is -2.38. The van der Waals surface area contributed by atoms with Crippen molar-refractivity contribution in [2.24, 2.45) is 5.41 Å². The Morgan fingerprint density at radius 2 is 1.17 bits per heavy atom. The van der Waals surface area contributed by atoms with Crippen LogP contribution in [-0.4, -0.2) is 11.6 Å². The van der Waals surface area contributed by atoms with E-state index < -0.39 is 34.5 Å². The monoisotopic (exact) mass is 400 g/mol. The van der Waals surface area contributed by atoms with Crippen molar-refractivity contribution < 1.29 is 18.4 Å². The van der Waals surface area contributed by atoms with Gasteiger partial charge >= 0.3 is 0 Å². The lowest BCUT2D eigenvalue weighted by molar-refractivity contribution is 0.0705. The molecule has 0 amide bonds. The van der Waals surface area contributed by atoms with Crippen LogP contribution in [0.1, 0.15) is 32.2 Å². The van der Waals surface area contributed by atoms with Crippen LogP contribution in [0.2, 0.25) is 0 Å². The van der Waals surface area contributed by atoms with Crippen molar-refractivity contribution in [3.05, 3.63) is 131 Å². The van der Waals surface area contributed by atoms with Crippen LogP contribution in [0.4, 0.5) is 8.78 Å². The molecule has 30 heavy (non-hydrogen) atoms. The molecule has 0 aromatic heterocycles. The van der Waals surface area contributed by atoms with Crippen LogP contribution in [0, 0.1) is 17.0 Å². The largest absolute Gasteiger partial charge is 0.293 e. The Kier molecular flexibility index (Phi) is 5.23. The van der Waals surface area contributed by atoms with Gasteiger partial charge in [0.15, 0.2) is 11.6 Å². The molecule has 3 aromatic rings. The van der Waals surface area contributed by atoms with E-state index in [9.17, 15) is 18.4 Å². The van der Waals surface area contributed by atoms with Gasteiger partial charge in [-0.3, -0.25) is 9.59 Å². The fourth-order valence-corrected chi connectivity index (χ4v) is 3.89. The van der Waals surface area contributed by atoms with Gasteiger partial charge in [-0.2, -0.15) is 0 Å². The van der Waals surface area contributed by atoms with Gasteiger partial charge in [-0.15, -0.1) is 0 Å². The molecular formula is C26H18F2O2. The van der Waals surface area contributed by atoms with E-state index >= 15 is 0 Å². The first-order chi connectivity index (χ1) is 14.5. The first-order valence-corrected chi connectivity index (χ1v) is 9.54. The number of carbonyl (C=O) groups excluding carboxylic acids is 2. The van der Waals surface area contributed by atoms with Gasteiger partial charge in [-0.25, -0.2) is 8.78 Å². The number of hydrogen-bond donors (Lipinski definition) is 0. The highest BCUT2D eigenvalue weighted by Crippen LogP contribution is 2.46. The molecule has 3 aromatic carbocycles. The average molecular weight is 400 g/mol. The van der Waals surface area contributed by atoms with Crippen LogP contribution in [0.15, 0.2) is 103 Å².